The van der Waals surface area contributed by atoms with Crippen LogP contribution >= 0.6 is 0 Å². The van der Waals surface area contributed by atoms with Crippen molar-refractivity contribution >= 4 is 0 Å². The van der Waals surface area contributed by atoms with E-state index < -0.39 is 5.60 Å². The molecule has 2 heterocycles. The molecule has 0 spiro atoms. The predicted molar refractivity (Wildman–Crippen MR) is 66.1 cm³/mol. The summed E-state index contributed by atoms with van der Waals surface area (Å²) in [5.41, 5.74) is -0.620. The van der Waals surface area contributed by atoms with Crippen LogP contribution in [-0.2, 0) is 5.60 Å². The summed E-state index contributed by atoms with van der Waals surface area (Å²) in [5.74, 6) is 0.117. The zero-order valence-corrected chi connectivity index (χ0v) is 10.5. The maximum atomic E-state index is 14.1. The average molecular weight is 251 g/mol. The van der Waals surface area contributed by atoms with Gasteiger partial charge in [0.1, 0.15) is 17.2 Å². The second-order valence-corrected chi connectivity index (χ2v) is 5.21. The van der Waals surface area contributed by atoms with Crippen molar-refractivity contribution in [3.05, 3.63) is 29.6 Å². The number of methoxy groups -OCH3 is 1. The molecule has 2 aliphatic rings. The number of halogens is 1. The Morgan fingerprint density at radius 1 is 1.44 bits per heavy atom. The first-order valence-corrected chi connectivity index (χ1v) is 6.45. The third-order valence-corrected chi connectivity index (χ3v) is 4.34. The molecule has 0 aromatic heterocycles. The molecular weight excluding hydrogens is 233 g/mol. The molecule has 98 valence electrons. The summed E-state index contributed by atoms with van der Waals surface area (Å²) in [6.07, 6.45) is 2.65. The molecule has 2 unspecified atom stereocenters. The Bertz CT molecular complexity index is 465. The van der Waals surface area contributed by atoms with Gasteiger partial charge in [-0.2, -0.15) is 0 Å². The number of aliphatic hydroxyl groups is 1. The van der Waals surface area contributed by atoms with E-state index in [0.717, 1.165) is 25.9 Å². The number of fused-ring (bicyclic) bond motifs is 1. The largest absolute Gasteiger partial charge is 0.497 e. The van der Waals surface area contributed by atoms with E-state index in [0.29, 0.717) is 17.7 Å². The molecule has 2 atom stereocenters. The molecule has 0 saturated carbocycles. The fourth-order valence-electron chi connectivity index (χ4n) is 3.40. The summed E-state index contributed by atoms with van der Waals surface area (Å²) in [4.78, 5) is 2.27. The topological polar surface area (TPSA) is 32.7 Å². The van der Waals surface area contributed by atoms with E-state index in [2.05, 4.69) is 4.90 Å². The Hall–Kier alpha value is -1.13. The second-order valence-electron chi connectivity index (χ2n) is 5.21. The Balaban J connectivity index is 1.98. The van der Waals surface area contributed by atoms with Gasteiger partial charge in [-0.25, -0.2) is 4.39 Å². The standard InChI is InChI=1S/C14H18FNO2/c1-18-10-4-5-11(12(15)9-10)14(17)6-8-16-7-2-3-13(14)16/h4-5,9,13,17H,2-3,6-8H2,1H3. The maximum absolute atomic E-state index is 14.1. The van der Waals surface area contributed by atoms with Crippen LogP contribution in [0.5, 0.6) is 5.75 Å². The first-order chi connectivity index (χ1) is 8.65. The molecule has 1 aromatic rings. The molecule has 4 heteroatoms. The Labute approximate surface area is 106 Å². The molecule has 0 bridgehead atoms. The minimum absolute atomic E-state index is 0.0698. The third kappa shape index (κ3) is 1.63. The van der Waals surface area contributed by atoms with Crippen molar-refractivity contribution in [1.29, 1.82) is 0 Å². The molecule has 3 rings (SSSR count). The van der Waals surface area contributed by atoms with Gasteiger partial charge in [-0.1, -0.05) is 0 Å². The van der Waals surface area contributed by atoms with Gasteiger partial charge in [0.05, 0.1) is 7.11 Å². The third-order valence-electron chi connectivity index (χ3n) is 4.34. The summed E-state index contributed by atoms with van der Waals surface area (Å²) in [7, 11) is 1.51. The highest BCUT2D eigenvalue weighted by atomic mass is 19.1. The SMILES string of the molecule is COc1ccc(C2(O)CCN3CCCC32)c(F)c1. The van der Waals surface area contributed by atoms with Gasteiger partial charge in [-0.15, -0.1) is 0 Å². The lowest BCUT2D eigenvalue weighted by Crippen LogP contribution is -2.39. The zero-order chi connectivity index (χ0) is 12.8. The van der Waals surface area contributed by atoms with E-state index in [9.17, 15) is 9.50 Å². The number of ether oxygens (including phenoxy) is 1. The van der Waals surface area contributed by atoms with Gasteiger partial charge in [0.25, 0.3) is 0 Å². The number of benzene rings is 1. The van der Waals surface area contributed by atoms with Crippen molar-refractivity contribution in [2.24, 2.45) is 0 Å². The molecule has 2 saturated heterocycles. The molecule has 3 nitrogen and oxygen atoms in total. The summed E-state index contributed by atoms with van der Waals surface area (Å²) in [6.45, 7) is 1.87. The smallest absolute Gasteiger partial charge is 0.133 e. The number of hydrogen-bond donors (Lipinski definition) is 1. The molecule has 0 aliphatic carbocycles. The van der Waals surface area contributed by atoms with Crippen LogP contribution in [0.15, 0.2) is 18.2 Å². The maximum Gasteiger partial charge on any atom is 0.133 e. The average Bonchev–Trinajstić information content (AvgIpc) is 2.94. The van der Waals surface area contributed by atoms with Crippen molar-refractivity contribution in [2.75, 3.05) is 20.2 Å². The van der Waals surface area contributed by atoms with E-state index in [1.54, 1.807) is 12.1 Å². The molecule has 2 aliphatic heterocycles. The fraction of sp³-hybridized carbons (Fsp3) is 0.571. The number of hydrogen-bond acceptors (Lipinski definition) is 3. The van der Waals surface area contributed by atoms with Gasteiger partial charge in [0.2, 0.25) is 0 Å². The van der Waals surface area contributed by atoms with Crippen molar-refractivity contribution in [3.63, 3.8) is 0 Å². The van der Waals surface area contributed by atoms with Crippen LogP contribution in [0.25, 0.3) is 0 Å². The second kappa shape index (κ2) is 4.21. The quantitative estimate of drug-likeness (QED) is 0.871. The monoisotopic (exact) mass is 251 g/mol. The molecule has 1 aromatic carbocycles. The molecule has 0 radical (unpaired) electrons. The van der Waals surface area contributed by atoms with Crippen molar-refractivity contribution in [3.8, 4) is 5.75 Å². The van der Waals surface area contributed by atoms with E-state index >= 15 is 0 Å². The highest BCUT2D eigenvalue weighted by Gasteiger charge is 2.50. The first-order valence-electron chi connectivity index (χ1n) is 6.45. The highest BCUT2D eigenvalue weighted by molar-refractivity contribution is 5.34. The van der Waals surface area contributed by atoms with E-state index in [1.807, 2.05) is 0 Å². The Morgan fingerprint density at radius 2 is 2.28 bits per heavy atom. The molecule has 1 N–H and O–H groups in total. The van der Waals surface area contributed by atoms with Gasteiger partial charge in [0, 0.05) is 24.2 Å². The number of nitrogens with zero attached hydrogens (tertiary/aromatic N) is 1. The van der Waals surface area contributed by atoms with E-state index in [1.165, 1.54) is 13.2 Å². The minimum atomic E-state index is -1.03. The van der Waals surface area contributed by atoms with Crippen LogP contribution in [-0.4, -0.2) is 36.2 Å². The van der Waals surface area contributed by atoms with Crippen LogP contribution in [0, 0.1) is 5.82 Å². The lowest BCUT2D eigenvalue weighted by atomic mass is 9.85. The van der Waals surface area contributed by atoms with Gasteiger partial charge in [0.15, 0.2) is 0 Å². The van der Waals surface area contributed by atoms with Crippen molar-refractivity contribution in [2.45, 2.75) is 30.9 Å². The van der Waals surface area contributed by atoms with Gasteiger partial charge in [-0.05, 0) is 37.9 Å². The van der Waals surface area contributed by atoms with E-state index in [4.69, 9.17) is 4.74 Å². The van der Waals surface area contributed by atoms with Gasteiger partial charge < -0.3 is 9.84 Å². The molecule has 18 heavy (non-hydrogen) atoms. The van der Waals surface area contributed by atoms with Crippen molar-refractivity contribution < 1.29 is 14.2 Å². The van der Waals surface area contributed by atoms with Gasteiger partial charge in [-0.3, -0.25) is 4.90 Å². The summed E-state index contributed by atoms with van der Waals surface area (Å²) >= 11 is 0. The molecular formula is C14H18FNO2. The van der Waals surface area contributed by atoms with Gasteiger partial charge >= 0.3 is 0 Å². The Morgan fingerprint density at radius 3 is 3.00 bits per heavy atom. The Kier molecular flexibility index (Phi) is 2.79. The lowest BCUT2D eigenvalue weighted by molar-refractivity contribution is 0.00617. The number of rotatable bonds is 2. The van der Waals surface area contributed by atoms with Crippen molar-refractivity contribution in [1.82, 2.24) is 4.90 Å². The van der Waals surface area contributed by atoms with Crippen LogP contribution in [0.4, 0.5) is 4.39 Å². The minimum Gasteiger partial charge on any atom is -0.497 e. The van der Waals surface area contributed by atoms with Crippen LogP contribution < -0.4 is 4.74 Å². The summed E-state index contributed by atoms with van der Waals surface area (Å²) in [5, 5.41) is 10.9. The normalized spacial score (nSPS) is 31.6. The summed E-state index contributed by atoms with van der Waals surface area (Å²) in [6, 6.07) is 4.80. The molecule has 0 amide bonds. The first kappa shape index (κ1) is 11.9. The lowest BCUT2D eigenvalue weighted by Gasteiger charge is -2.30. The van der Waals surface area contributed by atoms with Crippen LogP contribution in [0.2, 0.25) is 0 Å². The fourth-order valence-corrected chi connectivity index (χ4v) is 3.40. The zero-order valence-electron chi connectivity index (χ0n) is 10.5. The highest BCUT2D eigenvalue weighted by Crippen LogP contribution is 2.44. The van der Waals surface area contributed by atoms with Crippen LogP contribution in [0.3, 0.4) is 0 Å². The molecule has 2 fully saturated rings. The van der Waals surface area contributed by atoms with Crippen LogP contribution in [0.1, 0.15) is 24.8 Å². The van der Waals surface area contributed by atoms with E-state index in [-0.39, 0.29) is 11.9 Å². The predicted octanol–water partition coefficient (Wildman–Crippen LogP) is 1.89. The summed E-state index contributed by atoms with van der Waals surface area (Å²) < 4.78 is 19.1.